The molecule has 0 aliphatic carbocycles. The highest BCUT2D eigenvalue weighted by Crippen LogP contribution is 2.20. The van der Waals surface area contributed by atoms with Crippen molar-refractivity contribution < 1.29 is 0 Å². The van der Waals surface area contributed by atoms with Gasteiger partial charge in [-0.3, -0.25) is 0 Å². The molecule has 0 bridgehead atoms. The van der Waals surface area contributed by atoms with Gasteiger partial charge in [0, 0.05) is 18.6 Å². The standard InChI is InChI=1S/C7H15N2/c1-7(2,8)6-3-4-9-5-6/h6H,3-5,8H2,1-2H3. The smallest absolute Gasteiger partial charge is 0.0179 e. The molecular weight excluding hydrogens is 112 g/mol. The highest BCUT2D eigenvalue weighted by Gasteiger charge is 2.28. The molecule has 1 aliphatic rings. The Hall–Kier alpha value is -0.0800. The summed E-state index contributed by atoms with van der Waals surface area (Å²) in [5.41, 5.74) is 5.87. The summed E-state index contributed by atoms with van der Waals surface area (Å²) >= 11 is 0. The van der Waals surface area contributed by atoms with Crippen LogP contribution in [-0.4, -0.2) is 18.6 Å². The highest BCUT2D eigenvalue weighted by molar-refractivity contribution is 4.87. The van der Waals surface area contributed by atoms with Gasteiger partial charge in [-0.15, -0.1) is 0 Å². The zero-order chi connectivity index (χ0) is 6.91. The van der Waals surface area contributed by atoms with E-state index < -0.39 is 0 Å². The molecule has 2 heteroatoms. The Balaban J connectivity index is 2.42. The van der Waals surface area contributed by atoms with E-state index >= 15 is 0 Å². The molecule has 0 saturated carbocycles. The Labute approximate surface area is 56.8 Å². The fourth-order valence-corrected chi connectivity index (χ4v) is 1.19. The van der Waals surface area contributed by atoms with Crippen molar-refractivity contribution in [1.29, 1.82) is 0 Å². The Morgan fingerprint density at radius 2 is 2.22 bits per heavy atom. The van der Waals surface area contributed by atoms with Crippen molar-refractivity contribution in [2.24, 2.45) is 11.7 Å². The summed E-state index contributed by atoms with van der Waals surface area (Å²) in [6, 6.07) is 0. The summed E-state index contributed by atoms with van der Waals surface area (Å²) in [7, 11) is 0. The van der Waals surface area contributed by atoms with Gasteiger partial charge in [0.15, 0.2) is 0 Å². The minimum absolute atomic E-state index is 0.0139. The number of nitrogens with two attached hydrogens (primary N) is 1. The summed E-state index contributed by atoms with van der Waals surface area (Å²) in [5, 5.41) is 4.25. The van der Waals surface area contributed by atoms with Crippen LogP contribution in [0.1, 0.15) is 20.3 Å². The largest absolute Gasteiger partial charge is 0.325 e. The summed E-state index contributed by atoms with van der Waals surface area (Å²) < 4.78 is 0. The van der Waals surface area contributed by atoms with Gasteiger partial charge < -0.3 is 5.73 Å². The van der Waals surface area contributed by atoms with E-state index in [0.717, 1.165) is 13.1 Å². The first-order valence-electron chi connectivity index (χ1n) is 3.53. The lowest BCUT2D eigenvalue weighted by Crippen LogP contribution is -2.41. The second-order valence-electron chi connectivity index (χ2n) is 3.44. The van der Waals surface area contributed by atoms with Crippen LogP contribution in [0.25, 0.3) is 0 Å². The lowest BCUT2D eigenvalue weighted by Gasteiger charge is -2.25. The molecule has 1 rings (SSSR count). The van der Waals surface area contributed by atoms with E-state index in [1.807, 2.05) is 0 Å². The predicted octanol–water partition coefficient (Wildman–Crippen LogP) is 0.348. The number of nitrogens with zero attached hydrogens (tertiary/aromatic N) is 1. The van der Waals surface area contributed by atoms with E-state index in [1.54, 1.807) is 0 Å². The molecule has 0 amide bonds. The van der Waals surface area contributed by atoms with Crippen molar-refractivity contribution in [3.05, 3.63) is 0 Å². The van der Waals surface area contributed by atoms with Crippen LogP contribution in [0.2, 0.25) is 0 Å². The first-order valence-corrected chi connectivity index (χ1v) is 3.53. The average molecular weight is 127 g/mol. The van der Waals surface area contributed by atoms with Gasteiger partial charge in [-0.2, -0.15) is 0 Å². The molecule has 1 aliphatic heterocycles. The molecule has 2 N–H and O–H groups in total. The van der Waals surface area contributed by atoms with Gasteiger partial charge in [0.05, 0.1) is 0 Å². The Morgan fingerprint density at radius 3 is 2.44 bits per heavy atom. The Morgan fingerprint density at radius 1 is 1.56 bits per heavy atom. The summed E-state index contributed by atoms with van der Waals surface area (Å²) in [5.74, 6) is 0.623. The van der Waals surface area contributed by atoms with Gasteiger partial charge in [-0.05, 0) is 26.2 Å². The zero-order valence-electron chi connectivity index (χ0n) is 6.22. The monoisotopic (exact) mass is 127 g/mol. The third-order valence-electron chi connectivity index (χ3n) is 2.04. The van der Waals surface area contributed by atoms with Crippen molar-refractivity contribution in [1.82, 2.24) is 5.32 Å². The molecule has 0 aromatic carbocycles. The van der Waals surface area contributed by atoms with Crippen LogP contribution >= 0.6 is 0 Å². The summed E-state index contributed by atoms with van der Waals surface area (Å²) in [4.78, 5) is 0. The average Bonchev–Trinajstić information content (AvgIpc) is 2.08. The van der Waals surface area contributed by atoms with E-state index in [-0.39, 0.29) is 5.54 Å². The maximum Gasteiger partial charge on any atom is 0.0179 e. The molecule has 1 radical (unpaired) electrons. The Bertz CT molecular complexity index is 87.6. The van der Waals surface area contributed by atoms with Crippen LogP contribution in [0.5, 0.6) is 0 Å². The maximum atomic E-state index is 5.88. The first-order chi connectivity index (χ1) is 4.11. The number of hydrogen-bond donors (Lipinski definition) is 1. The second kappa shape index (κ2) is 2.27. The maximum absolute atomic E-state index is 5.88. The third kappa shape index (κ3) is 1.66. The first kappa shape index (κ1) is 7.03. The van der Waals surface area contributed by atoms with E-state index in [4.69, 9.17) is 5.73 Å². The number of hydrogen-bond acceptors (Lipinski definition) is 1. The van der Waals surface area contributed by atoms with Crippen LogP contribution < -0.4 is 11.1 Å². The van der Waals surface area contributed by atoms with Gasteiger partial charge in [-0.1, -0.05) is 0 Å². The van der Waals surface area contributed by atoms with Gasteiger partial charge in [0.1, 0.15) is 0 Å². The van der Waals surface area contributed by atoms with Crippen LogP contribution in [0.4, 0.5) is 0 Å². The van der Waals surface area contributed by atoms with Gasteiger partial charge in [0.25, 0.3) is 0 Å². The molecule has 1 saturated heterocycles. The molecule has 1 atom stereocenters. The zero-order valence-corrected chi connectivity index (χ0v) is 6.22. The van der Waals surface area contributed by atoms with Crippen molar-refractivity contribution in [2.75, 3.05) is 13.1 Å². The summed E-state index contributed by atoms with van der Waals surface area (Å²) in [6.07, 6.45) is 1.18. The van der Waals surface area contributed by atoms with Gasteiger partial charge >= 0.3 is 0 Å². The topological polar surface area (TPSA) is 40.1 Å². The molecule has 0 spiro atoms. The molecule has 1 unspecified atom stereocenters. The molecular formula is C7H15N2. The molecule has 1 fully saturated rings. The molecule has 0 aromatic rings. The van der Waals surface area contributed by atoms with E-state index in [2.05, 4.69) is 19.2 Å². The molecule has 1 heterocycles. The van der Waals surface area contributed by atoms with Crippen LogP contribution in [-0.2, 0) is 0 Å². The number of rotatable bonds is 1. The minimum atomic E-state index is -0.0139. The van der Waals surface area contributed by atoms with Crippen LogP contribution in [0.3, 0.4) is 0 Å². The van der Waals surface area contributed by atoms with Crippen molar-refractivity contribution in [3.8, 4) is 0 Å². The highest BCUT2D eigenvalue weighted by atomic mass is 14.9. The second-order valence-corrected chi connectivity index (χ2v) is 3.44. The third-order valence-corrected chi connectivity index (χ3v) is 2.04. The van der Waals surface area contributed by atoms with Crippen molar-refractivity contribution in [3.63, 3.8) is 0 Å². The van der Waals surface area contributed by atoms with Gasteiger partial charge in [0.2, 0.25) is 0 Å². The molecule has 53 valence electrons. The quantitative estimate of drug-likeness (QED) is 0.542. The minimum Gasteiger partial charge on any atom is -0.325 e. The van der Waals surface area contributed by atoms with Gasteiger partial charge in [-0.25, -0.2) is 5.32 Å². The van der Waals surface area contributed by atoms with E-state index in [9.17, 15) is 0 Å². The molecule has 9 heavy (non-hydrogen) atoms. The van der Waals surface area contributed by atoms with Crippen molar-refractivity contribution >= 4 is 0 Å². The predicted molar refractivity (Wildman–Crippen MR) is 38.2 cm³/mol. The Kier molecular flexibility index (Phi) is 1.78. The van der Waals surface area contributed by atoms with E-state index in [1.165, 1.54) is 6.42 Å². The van der Waals surface area contributed by atoms with E-state index in [0.29, 0.717) is 5.92 Å². The van der Waals surface area contributed by atoms with Crippen LogP contribution in [0, 0.1) is 5.92 Å². The fraction of sp³-hybridized carbons (Fsp3) is 1.00. The lowest BCUT2D eigenvalue weighted by molar-refractivity contribution is 0.345. The van der Waals surface area contributed by atoms with Crippen LogP contribution in [0.15, 0.2) is 0 Å². The normalized spacial score (nSPS) is 29.0. The summed E-state index contributed by atoms with van der Waals surface area (Å²) in [6.45, 7) is 6.16. The fourth-order valence-electron chi connectivity index (χ4n) is 1.19. The van der Waals surface area contributed by atoms with Crippen molar-refractivity contribution in [2.45, 2.75) is 25.8 Å². The SMILES string of the molecule is CC(C)(N)C1CC[N]C1. The molecule has 0 aromatic heterocycles. The lowest BCUT2D eigenvalue weighted by atomic mass is 9.88. The molecule has 2 nitrogen and oxygen atoms in total.